The number of hydrogen-bond donors (Lipinski definition) is 1. The maximum absolute atomic E-state index is 4.61. The number of pyridine rings is 1. The highest BCUT2D eigenvalue weighted by molar-refractivity contribution is 9.10. The summed E-state index contributed by atoms with van der Waals surface area (Å²) in [6.45, 7) is 0. The predicted octanol–water partition coefficient (Wildman–Crippen LogP) is 3.18. The van der Waals surface area contributed by atoms with Crippen molar-refractivity contribution in [3.63, 3.8) is 0 Å². The molecule has 0 aliphatic carbocycles. The Bertz CT molecular complexity index is 931. The van der Waals surface area contributed by atoms with Gasteiger partial charge in [0.15, 0.2) is 5.82 Å². The summed E-state index contributed by atoms with van der Waals surface area (Å²) in [6.07, 6.45) is 3.41. The maximum atomic E-state index is 4.61. The molecule has 0 saturated carbocycles. The number of anilines is 2. The fourth-order valence-corrected chi connectivity index (χ4v) is 2.40. The summed E-state index contributed by atoms with van der Waals surface area (Å²) >= 11 is 3.36. The second kappa shape index (κ2) is 4.78. The van der Waals surface area contributed by atoms with Crippen molar-refractivity contribution in [2.75, 3.05) is 5.32 Å². The van der Waals surface area contributed by atoms with Gasteiger partial charge in [0.25, 0.3) is 0 Å². The lowest BCUT2D eigenvalue weighted by Gasteiger charge is -2.08. The number of benzene rings is 1. The zero-order valence-electron chi connectivity index (χ0n) is 10.7. The first kappa shape index (κ1) is 12.2. The van der Waals surface area contributed by atoms with Crippen molar-refractivity contribution >= 4 is 44.2 Å². The molecule has 1 aromatic carbocycles. The Kier molecular flexibility index (Phi) is 2.78. The molecule has 6 nitrogen and oxygen atoms in total. The average molecular weight is 341 g/mol. The summed E-state index contributed by atoms with van der Waals surface area (Å²) in [5, 5.41) is 11.3. The van der Waals surface area contributed by atoms with Gasteiger partial charge in [-0.3, -0.25) is 4.40 Å². The van der Waals surface area contributed by atoms with E-state index in [0.717, 1.165) is 15.5 Å². The van der Waals surface area contributed by atoms with E-state index >= 15 is 0 Å². The lowest BCUT2D eigenvalue weighted by atomic mass is 10.3. The van der Waals surface area contributed by atoms with E-state index in [1.165, 1.54) is 0 Å². The van der Waals surface area contributed by atoms with Crippen molar-refractivity contribution in [1.29, 1.82) is 0 Å². The van der Waals surface area contributed by atoms with Gasteiger partial charge in [-0.05, 0) is 40.2 Å². The van der Waals surface area contributed by atoms with Crippen LogP contribution in [0.25, 0.3) is 16.7 Å². The van der Waals surface area contributed by atoms with Gasteiger partial charge in [-0.15, -0.1) is 10.2 Å². The molecule has 4 rings (SSSR count). The zero-order chi connectivity index (χ0) is 14.2. The van der Waals surface area contributed by atoms with E-state index in [4.69, 9.17) is 0 Å². The van der Waals surface area contributed by atoms with Crippen LogP contribution >= 0.6 is 15.9 Å². The fraction of sp³-hybridized carbons (Fsp3) is 0. The number of nitrogens with zero attached hydrogens (tertiary/aromatic N) is 5. The largest absolute Gasteiger partial charge is 0.322 e. The highest BCUT2D eigenvalue weighted by Gasteiger charge is 2.10. The number of rotatable bonds is 2. The maximum Gasteiger partial charge on any atom is 0.204 e. The van der Waals surface area contributed by atoms with Crippen LogP contribution in [0.2, 0.25) is 0 Å². The minimum atomic E-state index is 0.626. The molecule has 4 aromatic rings. The van der Waals surface area contributed by atoms with Gasteiger partial charge in [0.1, 0.15) is 12.1 Å². The number of halogens is 1. The summed E-state index contributed by atoms with van der Waals surface area (Å²) in [5.41, 5.74) is 2.50. The first-order valence-electron chi connectivity index (χ1n) is 6.28. The second-order valence-electron chi connectivity index (χ2n) is 4.46. The van der Waals surface area contributed by atoms with E-state index in [1.54, 1.807) is 12.5 Å². The van der Waals surface area contributed by atoms with Gasteiger partial charge in [0, 0.05) is 10.7 Å². The molecule has 102 valence electrons. The first-order valence-corrected chi connectivity index (χ1v) is 7.07. The molecule has 0 unspecified atom stereocenters. The van der Waals surface area contributed by atoms with Crippen molar-refractivity contribution in [3.8, 4) is 0 Å². The molecule has 0 fully saturated rings. The molecule has 1 N–H and O–H groups in total. The normalized spacial score (nSPS) is 11.1. The van der Waals surface area contributed by atoms with E-state index in [-0.39, 0.29) is 0 Å². The lowest BCUT2D eigenvalue weighted by Crippen LogP contribution is -2.01. The van der Waals surface area contributed by atoms with Crippen LogP contribution in [-0.2, 0) is 0 Å². The molecule has 3 heterocycles. The molecule has 21 heavy (non-hydrogen) atoms. The molecule has 0 bridgehead atoms. The average Bonchev–Trinajstić information content (AvgIpc) is 3.00. The van der Waals surface area contributed by atoms with Crippen molar-refractivity contribution in [2.24, 2.45) is 0 Å². The fourth-order valence-electron chi connectivity index (χ4n) is 2.16. The third kappa shape index (κ3) is 2.11. The molecule has 7 heteroatoms. The third-order valence-corrected chi connectivity index (χ3v) is 3.58. The van der Waals surface area contributed by atoms with Gasteiger partial charge < -0.3 is 5.32 Å². The van der Waals surface area contributed by atoms with Gasteiger partial charge in [0.2, 0.25) is 5.65 Å². The van der Waals surface area contributed by atoms with Gasteiger partial charge >= 0.3 is 0 Å². The monoisotopic (exact) mass is 340 g/mol. The molecule has 0 radical (unpaired) electrons. The second-order valence-corrected chi connectivity index (χ2v) is 5.38. The van der Waals surface area contributed by atoms with Crippen LogP contribution < -0.4 is 5.32 Å². The van der Waals surface area contributed by atoms with Crippen molar-refractivity contribution in [1.82, 2.24) is 24.6 Å². The molecular formula is C14H9BrN6. The summed E-state index contributed by atoms with van der Waals surface area (Å²) in [5.74, 6) is 1.33. The summed E-state index contributed by atoms with van der Waals surface area (Å²) in [6, 6.07) is 11.6. The molecular weight excluding hydrogens is 332 g/mol. The topological polar surface area (TPSA) is 68.0 Å². The van der Waals surface area contributed by atoms with Crippen LogP contribution in [0.3, 0.4) is 0 Å². The number of aromatic nitrogens is 5. The Morgan fingerprint density at radius 2 is 2.00 bits per heavy atom. The molecule has 3 aromatic heterocycles. The summed E-state index contributed by atoms with van der Waals surface area (Å²) in [7, 11) is 0. The highest BCUT2D eigenvalue weighted by Crippen LogP contribution is 2.22. The summed E-state index contributed by atoms with van der Waals surface area (Å²) < 4.78 is 2.83. The standard InChI is InChI=1S/C14H9BrN6/c15-9-5-6-12(16-7-9)19-13-14-20-17-8-21(14)11-4-2-1-3-10(11)18-13/h1-8H,(H,16,18,19). The highest BCUT2D eigenvalue weighted by atomic mass is 79.9. The summed E-state index contributed by atoms with van der Waals surface area (Å²) in [4.78, 5) is 8.90. The first-order chi connectivity index (χ1) is 10.3. The van der Waals surface area contributed by atoms with Crippen LogP contribution in [0.15, 0.2) is 53.4 Å². The van der Waals surface area contributed by atoms with Gasteiger partial charge in [0.05, 0.1) is 11.0 Å². The molecule has 0 saturated heterocycles. The Morgan fingerprint density at radius 3 is 2.86 bits per heavy atom. The quantitative estimate of drug-likeness (QED) is 0.607. The Labute approximate surface area is 128 Å². The molecule has 0 aliphatic rings. The van der Waals surface area contributed by atoms with Crippen LogP contribution in [0, 0.1) is 0 Å². The van der Waals surface area contributed by atoms with Crippen LogP contribution in [-0.4, -0.2) is 24.6 Å². The van der Waals surface area contributed by atoms with Crippen molar-refractivity contribution in [2.45, 2.75) is 0 Å². The van der Waals surface area contributed by atoms with E-state index in [1.807, 2.05) is 40.8 Å². The number of para-hydroxylation sites is 2. The van der Waals surface area contributed by atoms with Crippen LogP contribution in [0.4, 0.5) is 11.6 Å². The van der Waals surface area contributed by atoms with E-state index in [9.17, 15) is 0 Å². The van der Waals surface area contributed by atoms with Crippen LogP contribution in [0.5, 0.6) is 0 Å². The molecule has 0 aliphatic heterocycles. The smallest absolute Gasteiger partial charge is 0.204 e. The predicted molar refractivity (Wildman–Crippen MR) is 83.5 cm³/mol. The third-order valence-electron chi connectivity index (χ3n) is 3.11. The minimum absolute atomic E-state index is 0.626. The Morgan fingerprint density at radius 1 is 1.10 bits per heavy atom. The van der Waals surface area contributed by atoms with Crippen molar-refractivity contribution in [3.05, 3.63) is 53.4 Å². The van der Waals surface area contributed by atoms with E-state index in [2.05, 4.69) is 41.4 Å². The zero-order valence-corrected chi connectivity index (χ0v) is 12.3. The van der Waals surface area contributed by atoms with Gasteiger partial charge in [-0.25, -0.2) is 9.97 Å². The van der Waals surface area contributed by atoms with Gasteiger partial charge in [-0.1, -0.05) is 12.1 Å². The molecule has 0 atom stereocenters. The minimum Gasteiger partial charge on any atom is -0.322 e. The lowest BCUT2D eigenvalue weighted by molar-refractivity contribution is 1.11. The number of fused-ring (bicyclic) bond motifs is 3. The number of hydrogen-bond acceptors (Lipinski definition) is 5. The van der Waals surface area contributed by atoms with E-state index in [0.29, 0.717) is 17.3 Å². The van der Waals surface area contributed by atoms with Crippen molar-refractivity contribution < 1.29 is 0 Å². The number of nitrogens with one attached hydrogen (secondary N) is 1. The SMILES string of the molecule is Brc1ccc(Nc2nc3ccccc3n3cnnc23)nc1. The van der Waals surface area contributed by atoms with E-state index < -0.39 is 0 Å². The Hall–Kier alpha value is -2.54. The molecule has 0 amide bonds. The molecule has 0 spiro atoms. The van der Waals surface area contributed by atoms with Crippen LogP contribution in [0.1, 0.15) is 0 Å². The van der Waals surface area contributed by atoms with Gasteiger partial charge in [-0.2, -0.15) is 0 Å². The Balaban J connectivity index is 1.90.